The van der Waals surface area contributed by atoms with Crippen LogP contribution in [-0.4, -0.2) is 43.3 Å². The molecule has 0 aromatic rings. The largest absolute Gasteiger partial charge is 0.449 e. The average molecular weight is 505 g/mol. The minimum atomic E-state index is -0.351. The first-order valence-electron chi connectivity index (χ1n) is 14.7. The lowest BCUT2D eigenvalue weighted by molar-refractivity contribution is -0.127. The first-order chi connectivity index (χ1) is 17.3. The van der Waals surface area contributed by atoms with Crippen LogP contribution in [0.1, 0.15) is 117 Å². The number of alkyl carbamates (subject to hydrolysis) is 2. The van der Waals surface area contributed by atoms with Crippen LogP contribution in [-0.2, 0) is 14.3 Å². The number of nitrogens with one attached hydrogen (secondary N) is 2. The minimum absolute atomic E-state index is 0.150. The lowest BCUT2D eigenvalue weighted by Crippen LogP contribution is -2.41. The summed E-state index contributed by atoms with van der Waals surface area (Å²) in [4.78, 5) is 38.4. The number of carbonyl (C=O) groups is 3. The second-order valence-electron chi connectivity index (χ2n) is 12.7. The summed E-state index contributed by atoms with van der Waals surface area (Å²) >= 11 is 0. The number of rotatable bonds is 12. The van der Waals surface area contributed by atoms with Crippen molar-refractivity contribution in [1.82, 2.24) is 10.6 Å². The molecule has 36 heavy (non-hydrogen) atoms. The zero-order valence-corrected chi connectivity index (χ0v) is 22.6. The first-order valence-corrected chi connectivity index (χ1v) is 14.7. The van der Waals surface area contributed by atoms with Crippen LogP contribution in [0.15, 0.2) is 0 Å². The van der Waals surface area contributed by atoms with Gasteiger partial charge in [-0.05, 0) is 77.0 Å². The smallest absolute Gasteiger partial charge is 0.407 e. The van der Waals surface area contributed by atoms with E-state index in [-0.39, 0.29) is 40.9 Å². The molecule has 4 saturated carbocycles. The van der Waals surface area contributed by atoms with Gasteiger partial charge in [0.15, 0.2) is 0 Å². The Morgan fingerprint density at radius 2 is 1.03 bits per heavy atom. The third-order valence-corrected chi connectivity index (χ3v) is 9.34. The summed E-state index contributed by atoms with van der Waals surface area (Å²) in [5.74, 6) is 1.39. The molecule has 0 heterocycles. The molecular weight excluding hydrogens is 456 g/mol. The van der Waals surface area contributed by atoms with E-state index >= 15 is 0 Å². The standard InChI is InChI=1S/C29H48N2O5/c1-21(23-9-10-23)30-26(33)35-19-28(13-5-3-6-14-28)17-25(32)18-29(15-7-4-8-16-29)20-36-27(34)31-22(2)24-11-12-24/h21-24H,3-20H2,1-2H3,(H,30,33)(H,31,34). The molecule has 2 N–H and O–H groups in total. The van der Waals surface area contributed by atoms with Gasteiger partial charge in [-0.25, -0.2) is 9.59 Å². The molecule has 0 aromatic carbocycles. The third kappa shape index (κ3) is 8.11. The van der Waals surface area contributed by atoms with E-state index in [0.29, 0.717) is 37.9 Å². The highest BCUT2D eigenvalue weighted by atomic mass is 16.6. The second kappa shape index (κ2) is 12.2. The van der Waals surface area contributed by atoms with E-state index in [4.69, 9.17) is 9.47 Å². The van der Waals surface area contributed by atoms with Gasteiger partial charge < -0.3 is 20.1 Å². The SMILES string of the molecule is CC(NC(=O)OCC1(CC(=O)CC2(COC(=O)NC(C)C3CC3)CCCCC2)CCCCC1)C1CC1. The van der Waals surface area contributed by atoms with Crippen molar-refractivity contribution in [3.8, 4) is 0 Å². The second-order valence-corrected chi connectivity index (χ2v) is 12.7. The maximum atomic E-state index is 13.5. The molecule has 7 heteroatoms. The van der Waals surface area contributed by atoms with Crippen molar-refractivity contribution in [3.63, 3.8) is 0 Å². The molecule has 204 valence electrons. The summed E-state index contributed by atoms with van der Waals surface area (Å²) in [6.45, 7) is 4.70. The molecule has 0 saturated heterocycles. The molecule has 0 spiro atoms. The Hall–Kier alpha value is -1.79. The normalized spacial score (nSPS) is 24.7. The molecule has 0 aromatic heterocycles. The summed E-state index contributed by atoms with van der Waals surface area (Å²) in [5, 5.41) is 5.95. The molecule has 4 rings (SSSR count). The Morgan fingerprint density at radius 1 is 0.667 bits per heavy atom. The van der Waals surface area contributed by atoms with Crippen LogP contribution >= 0.6 is 0 Å². The fourth-order valence-electron chi connectivity index (χ4n) is 6.57. The monoisotopic (exact) mass is 504 g/mol. The zero-order chi connectivity index (χ0) is 25.6. The average Bonchev–Trinajstić information content (AvgIpc) is 3.75. The van der Waals surface area contributed by atoms with Crippen molar-refractivity contribution in [1.29, 1.82) is 0 Å². The topological polar surface area (TPSA) is 93.7 Å². The summed E-state index contributed by atoms with van der Waals surface area (Å²) in [7, 11) is 0. The van der Waals surface area contributed by atoms with E-state index in [1.54, 1.807) is 0 Å². The van der Waals surface area contributed by atoms with Crippen LogP contribution in [0.25, 0.3) is 0 Å². The highest BCUT2D eigenvalue weighted by Gasteiger charge is 2.41. The molecular formula is C29H48N2O5. The van der Waals surface area contributed by atoms with Crippen molar-refractivity contribution in [2.24, 2.45) is 22.7 Å². The quantitative estimate of drug-likeness (QED) is 0.326. The van der Waals surface area contributed by atoms with Crippen LogP contribution in [0.3, 0.4) is 0 Å². The van der Waals surface area contributed by atoms with Gasteiger partial charge >= 0.3 is 12.2 Å². The summed E-state index contributed by atoms with van der Waals surface area (Å²) < 4.78 is 11.4. The van der Waals surface area contributed by atoms with E-state index in [1.165, 1.54) is 38.5 Å². The van der Waals surface area contributed by atoms with Gasteiger partial charge in [-0.3, -0.25) is 4.79 Å². The molecule has 2 amide bonds. The number of ketones is 1. The highest BCUT2D eigenvalue weighted by molar-refractivity contribution is 5.80. The van der Waals surface area contributed by atoms with Crippen LogP contribution in [0.2, 0.25) is 0 Å². The van der Waals surface area contributed by atoms with Gasteiger partial charge in [-0.15, -0.1) is 0 Å². The van der Waals surface area contributed by atoms with Crippen molar-refractivity contribution < 1.29 is 23.9 Å². The molecule has 4 aliphatic carbocycles. The zero-order valence-electron chi connectivity index (χ0n) is 22.6. The number of hydrogen-bond donors (Lipinski definition) is 2. The molecule has 0 aliphatic heterocycles. The third-order valence-electron chi connectivity index (χ3n) is 9.34. The molecule has 0 radical (unpaired) electrons. The Kier molecular flexibility index (Phi) is 9.21. The lowest BCUT2D eigenvalue weighted by Gasteiger charge is -2.39. The number of Topliss-reactive ketones (excluding diaryl/α,β-unsaturated/α-hetero) is 1. The van der Waals surface area contributed by atoms with E-state index < -0.39 is 0 Å². The van der Waals surface area contributed by atoms with Gasteiger partial charge in [-0.1, -0.05) is 38.5 Å². The summed E-state index contributed by atoms with van der Waals surface area (Å²) in [6.07, 6.45) is 15.2. The molecule has 7 nitrogen and oxygen atoms in total. The number of hydrogen-bond acceptors (Lipinski definition) is 5. The number of amides is 2. The van der Waals surface area contributed by atoms with E-state index in [2.05, 4.69) is 10.6 Å². The molecule has 2 unspecified atom stereocenters. The predicted octanol–water partition coefficient (Wildman–Crippen LogP) is 6.29. The molecule has 0 bridgehead atoms. The van der Waals surface area contributed by atoms with Crippen molar-refractivity contribution in [2.45, 2.75) is 129 Å². The Morgan fingerprint density at radius 3 is 1.36 bits per heavy atom. The Balaban J connectivity index is 1.30. The predicted molar refractivity (Wildman–Crippen MR) is 139 cm³/mol. The lowest BCUT2D eigenvalue weighted by atomic mass is 9.67. The molecule has 4 fully saturated rings. The van der Waals surface area contributed by atoms with Gasteiger partial charge in [0.25, 0.3) is 0 Å². The van der Waals surface area contributed by atoms with Gasteiger partial charge in [-0.2, -0.15) is 0 Å². The Bertz CT molecular complexity index is 702. The summed E-state index contributed by atoms with van der Waals surface area (Å²) in [5.41, 5.74) is -0.521. The summed E-state index contributed by atoms with van der Waals surface area (Å²) in [6, 6.07) is 0.300. The van der Waals surface area contributed by atoms with Crippen LogP contribution in [0.4, 0.5) is 9.59 Å². The van der Waals surface area contributed by atoms with Gasteiger partial charge in [0.1, 0.15) is 5.78 Å². The Labute approximate surface area is 217 Å². The van der Waals surface area contributed by atoms with Crippen LogP contribution in [0, 0.1) is 22.7 Å². The van der Waals surface area contributed by atoms with E-state index in [9.17, 15) is 14.4 Å². The number of ether oxygens (including phenoxy) is 2. The fraction of sp³-hybridized carbons (Fsp3) is 0.897. The van der Waals surface area contributed by atoms with E-state index in [0.717, 1.165) is 51.4 Å². The van der Waals surface area contributed by atoms with E-state index in [1.807, 2.05) is 13.8 Å². The van der Waals surface area contributed by atoms with Crippen molar-refractivity contribution in [2.75, 3.05) is 13.2 Å². The molecule has 4 aliphatic rings. The van der Waals surface area contributed by atoms with Gasteiger partial charge in [0.2, 0.25) is 0 Å². The fourth-order valence-corrected chi connectivity index (χ4v) is 6.57. The maximum absolute atomic E-state index is 13.5. The van der Waals surface area contributed by atoms with Crippen LogP contribution in [0.5, 0.6) is 0 Å². The molecule has 2 atom stereocenters. The number of carbonyl (C=O) groups excluding carboxylic acids is 3. The first kappa shape index (κ1) is 27.3. The van der Waals surface area contributed by atoms with Gasteiger partial charge in [0, 0.05) is 35.8 Å². The van der Waals surface area contributed by atoms with Crippen molar-refractivity contribution in [3.05, 3.63) is 0 Å². The highest BCUT2D eigenvalue weighted by Crippen LogP contribution is 2.44. The minimum Gasteiger partial charge on any atom is -0.449 e. The maximum Gasteiger partial charge on any atom is 0.407 e. The van der Waals surface area contributed by atoms with Crippen LogP contribution < -0.4 is 10.6 Å². The van der Waals surface area contributed by atoms with Gasteiger partial charge in [0.05, 0.1) is 13.2 Å². The van der Waals surface area contributed by atoms with Crippen molar-refractivity contribution >= 4 is 18.0 Å².